The summed E-state index contributed by atoms with van der Waals surface area (Å²) >= 11 is 0. The second-order valence-electron chi connectivity index (χ2n) is 9.36. The number of benzene rings is 2. The van der Waals surface area contributed by atoms with Crippen LogP contribution in [0.5, 0.6) is 0 Å². The molecule has 2 aromatic rings. The zero-order chi connectivity index (χ0) is 25.0. The average Bonchev–Trinajstić information content (AvgIpc) is 3.18. The maximum Gasteiger partial charge on any atom is 0.407 e. The van der Waals surface area contributed by atoms with Crippen molar-refractivity contribution >= 4 is 18.0 Å². The molecule has 2 aromatic carbocycles. The number of amides is 2. The van der Waals surface area contributed by atoms with Crippen LogP contribution in [0, 0.1) is 0 Å². The van der Waals surface area contributed by atoms with Gasteiger partial charge >= 0.3 is 12.1 Å². The number of alkyl carbamates (subject to hydrolysis) is 1. The minimum Gasteiger partial charge on any atom is -0.479 e. The van der Waals surface area contributed by atoms with Crippen LogP contribution < -0.4 is 5.32 Å². The molecule has 0 aromatic heterocycles. The molecule has 2 aliphatic rings. The largest absolute Gasteiger partial charge is 0.479 e. The number of hydrogen-bond donors (Lipinski definition) is 3. The third-order valence-electron chi connectivity index (χ3n) is 6.96. The van der Waals surface area contributed by atoms with E-state index in [1.807, 2.05) is 43.3 Å². The lowest BCUT2D eigenvalue weighted by atomic mass is 9.92. The number of piperidine rings is 1. The SMILES string of the molecule is CCCCC(NC(=O)OCC1c2ccccc2-c2ccccc21)C(=O)N1CCCC(O)(C(=O)O)C1. The molecule has 3 N–H and O–H groups in total. The summed E-state index contributed by atoms with van der Waals surface area (Å²) in [5.74, 6) is -1.83. The molecule has 1 aliphatic heterocycles. The third-order valence-corrected chi connectivity index (χ3v) is 6.96. The number of unbranched alkanes of at least 4 members (excludes halogenated alkanes) is 1. The summed E-state index contributed by atoms with van der Waals surface area (Å²) in [7, 11) is 0. The van der Waals surface area contributed by atoms with Crippen molar-refractivity contribution in [1.82, 2.24) is 10.2 Å². The second kappa shape index (κ2) is 10.5. The van der Waals surface area contributed by atoms with Crippen LogP contribution in [0.2, 0.25) is 0 Å². The van der Waals surface area contributed by atoms with Gasteiger partial charge in [0.25, 0.3) is 0 Å². The van der Waals surface area contributed by atoms with Crippen molar-refractivity contribution in [2.24, 2.45) is 0 Å². The number of carbonyl (C=O) groups is 3. The molecule has 0 bridgehead atoms. The molecule has 0 radical (unpaired) electrons. The van der Waals surface area contributed by atoms with Crippen LogP contribution >= 0.6 is 0 Å². The van der Waals surface area contributed by atoms with E-state index in [2.05, 4.69) is 17.4 Å². The summed E-state index contributed by atoms with van der Waals surface area (Å²) in [5, 5.41) is 22.4. The molecule has 0 saturated carbocycles. The maximum absolute atomic E-state index is 13.2. The van der Waals surface area contributed by atoms with Crippen molar-refractivity contribution in [2.75, 3.05) is 19.7 Å². The monoisotopic (exact) mass is 480 g/mol. The lowest BCUT2D eigenvalue weighted by molar-refractivity contribution is -0.167. The van der Waals surface area contributed by atoms with E-state index in [-0.39, 0.29) is 25.5 Å². The van der Waals surface area contributed by atoms with E-state index in [0.29, 0.717) is 25.8 Å². The summed E-state index contributed by atoms with van der Waals surface area (Å²) in [6.45, 7) is 2.16. The highest BCUT2D eigenvalue weighted by Gasteiger charge is 2.43. The van der Waals surface area contributed by atoms with Gasteiger partial charge in [-0.05, 0) is 41.5 Å². The molecule has 1 aliphatic carbocycles. The number of rotatable bonds is 8. The molecular weight excluding hydrogens is 448 g/mol. The first-order valence-electron chi connectivity index (χ1n) is 12.2. The summed E-state index contributed by atoms with van der Waals surface area (Å²) < 4.78 is 5.60. The number of nitrogens with one attached hydrogen (secondary N) is 1. The molecule has 4 rings (SSSR count). The highest BCUT2D eigenvalue weighted by molar-refractivity contribution is 5.87. The quantitative estimate of drug-likeness (QED) is 0.532. The van der Waals surface area contributed by atoms with Gasteiger partial charge in [-0.2, -0.15) is 0 Å². The minimum absolute atomic E-state index is 0.0888. The van der Waals surface area contributed by atoms with Crippen molar-refractivity contribution in [3.63, 3.8) is 0 Å². The number of nitrogens with zero attached hydrogens (tertiary/aromatic N) is 1. The smallest absolute Gasteiger partial charge is 0.407 e. The fourth-order valence-corrected chi connectivity index (χ4v) is 5.07. The molecule has 2 amide bonds. The highest BCUT2D eigenvalue weighted by atomic mass is 16.5. The average molecular weight is 481 g/mol. The molecule has 8 nitrogen and oxygen atoms in total. The van der Waals surface area contributed by atoms with E-state index in [0.717, 1.165) is 28.7 Å². The Kier molecular flexibility index (Phi) is 7.40. The first-order valence-corrected chi connectivity index (χ1v) is 12.2. The number of carboxylic acid groups (broad SMARTS) is 1. The van der Waals surface area contributed by atoms with Gasteiger partial charge < -0.3 is 25.2 Å². The molecule has 1 heterocycles. The Labute approximate surface area is 204 Å². The zero-order valence-electron chi connectivity index (χ0n) is 19.9. The molecule has 2 unspecified atom stereocenters. The second-order valence-corrected chi connectivity index (χ2v) is 9.36. The van der Waals surface area contributed by atoms with Crippen molar-refractivity contribution in [3.05, 3.63) is 59.7 Å². The lowest BCUT2D eigenvalue weighted by Gasteiger charge is -2.38. The molecule has 1 fully saturated rings. The predicted molar refractivity (Wildman–Crippen MR) is 130 cm³/mol. The number of aliphatic hydroxyl groups is 1. The number of ether oxygens (including phenoxy) is 1. The number of hydrogen-bond acceptors (Lipinski definition) is 5. The molecule has 8 heteroatoms. The number of carbonyl (C=O) groups excluding carboxylic acids is 2. The lowest BCUT2D eigenvalue weighted by Crippen LogP contribution is -2.58. The summed E-state index contributed by atoms with van der Waals surface area (Å²) in [5.41, 5.74) is 2.49. The van der Waals surface area contributed by atoms with Crippen LogP contribution in [0.4, 0.5) is 4.79 Å². The molecular formula is C27H32N2O6. The van der Waals surface area contributed by atoms with Gasteiger partial charge in [0.1, 0.15) is 12.6 Å². The number of fused-ring (bicyclic) bond motifs is 3. The molecule has 1 saturated heterocycles. The molecule has 186 valence electrons. The predicted octanol–water partition coefficient (Wildman–Crippen LogP) is 3.52. The summed E-state index contributed by atoms with van der Waals surface area (Å²) in [6, 6.07) is 15.3. The van der Waals surface area contributed by atoms with Gasteiger partial charge in [0.15, 0.2) is 5.60 Å². The van der Waals surface area contributed by atoms with E-state index in [1.54, 1.807) is 0 Å². The van der Waals surface area contributed by atoms with Crippen LogP contribution in [-0.2, 0) is 14.3 Å². The Morgan fingerprint density at radius 3 is 2.34 bits per heavy atom. The van der Waals surface area contributed by atoms with E-state index < -0.39 is 29.6 Å². The van der Waals surface area contributed by atoms with E-state index in [4.69, 9.17) is 4.74 Å². The molecule has 35 heavy (non-hydrogen) atoms. The molecule has 2 atom stereocenters. The van der Waals surface area contributed by atoms with Gasteiger partial charge in [0.2, 0.25) is 5.91 Å². The Balaban J connectivity index is 1.42. The topological polar surface area (TPSA) is 116 Å². The van der Waals surface area contributed by atoms with E-state index in [1.165, 1.54) is 4.90 Å². The van der Waals surface area contributed by atoms with Crippen molar-refractivity contribution < 1.29 is 29.3 Å². The standard InChI is InChI=1S/C27H32N2O6/c1-2-3-13-23(24(30)29-15-8-14-27(34,17-29)25(31)32)28-26(33)35-16-22-20-11-6-4-9-18(20)19-10-5-7-12-21(19)22/h4-7,9-12,22-23,34H,2-3,8,13-17H2,1H3,(H,28,33)(H,31,32). The Morgan fingerprint density at radius 2 is 1.74 bits per heavy atom. The number of β-amino-alcohol motifs (C(OH)–C–C–N with tert-alkyl or cyclic N) is 1. The van der Waals surface area contributed by atoms with Gasteiger partial charge in [-0.1, -0.05) is 68.3 Å². The highest BCUT2D eigenvalue weighted by Crippen LogP contribution is 2.44. The van der Waals surface area contributed by atoms with Gasteiger partial charge in [-0.15, -0.1) is 0 Å². The van der Waals surface area contributed by atoms with Gasteiger partial charge in [0.05, 0.1) is 6.54 Å². The number of carboxylic acids is 1. The Bertz CT molecular complexity index is 1060. The summed E-state index contributed by atoms with van der Waals surface area (Å²) in [6.07, 6.45) is 1.71. The van der Waals surface area contributed by atoms with Crippen molar-refractivity contribution in [3.8, 4) is 11.1 Å². The summed E-state index contributed by atoms with van der Waals surface area (Å²) in [4.78, 5) is 38.8. The van der Waals surface area contributed by atoms with Crippen LogP contribution in [0.1, 0.15) is 56.1 Å². The normalized spacial score (nSPS) is 20.0. The van der Waals surface area contributed by atoms with Gasteiger partial charge in [-0.3, -0.25) is 4.79 Å². The fraction of sp³-hybridized carbons (Fsp3) is 0.444. The number of aliphatic carboxylic acids is 1. The van der Waals surface area contributed by atoms with Crippen LogP contribution in [0.25, 0.3) is 11.1 Å². The fourth-order valence-electron chi connectivity index (χ4n) is 5.07. The van der Waals surface area contributed by atoms with Gasteiger partial charge in [0, 0.05) is 12.5 Å². The first kappa shape index (κ1) is 24.7. The minimum atomic E-state index is -1.97. The van der Waals surface area contributed by atoms with E-state index >= 15 is 0 Å². The first-order chi connectivity index (χ1) is 16.8. The van der Waals surface area contributed by atoms with Crippen LogP contribution in [-0.4, -0.2) is 64.4 Å². The molecule has 0 spiro atoms. The third kappa shape index (κ3) is 5.17. The zero-order valence-corrected chi connectivity index (χ0v) is 19.9. The van der Waals surface area contributed by atoms with E-state index in [9.17, 15) is 24.6 Å². The van der Waals surface area contributed by atoms with Crippen LogP contribution in [0.15, 0.2) is 48.5 Å². The maximum atomic E-state index is 13.2. The van der Waals surface area contributed by atoms with Crippen molar-refractivity contribution in [1.29, 1.82) is 0 Å². The number of likely N-dealkylation sites (tertiary alicyclic amines) is 1. The van der Waals surface area contributed by atoms with Crippen LogP contribution in [0.3, 0.4) is 0 Å². The van der Waals surface area contributed by atoms with Crippen molar-refractivity contribution in [2.45, 2.75) is 56.6 Å². The Hall–Kier alpha value is -3.39. The Morgan fingerprint density at radius 1 is 1.11 bits per heavy atom. The van der Waals surface area contributed by atoms with Gasteiger partial charge in [-0.25, -0.2) is 9.59 Å².